The summed E-state index contributed by atoms with van der Waals surface area (Å²) < 4.78 is 0. The molecule has 0 heterocycles. The summed E-state index contributed by atoms with van der Waals surface area (Å²) in [5, 5.41) is 3.06. The molecule has 0 aliphatic rings. The molecule has 0 aliphatic carbocycles. The molecule has 0 aromatic heterocycles. The molecule has 1 unspecified atom stereocenters. The van der Waals surface area contributed by atoms with Gasteiger partial charge in [-0.25, -0.2) is 0 Å². The summed E-state index contributed by atoms with van der Waals surface area (Å²) in [5.74, 6) is -0.287. The summed E-state index contributed by atoms with van der Waals surface area (Å²) in [6.07, 6.45) is 1.63. The average molecular weight is 225 g/mol. The van der Waals surface area contributed by atoms with Crippen LogP contribution in [-0.2, 0) is 0 Å². The van der Waals surface area contributed by atoms with Crippen LogP contribution in [0.3, 0.4) is 0 Å². The Morgan fingerprint density at radius 2 is 2.33 bits per heavy atom. The van der Waals surface area contributed by atoms with Crippen LogP contribution in [0.25, 0.3) is 0 Å². The third-order valence-electron chi connectivity index (χ3n) is 1.99. The lowest BCUT2D eigenvalue weighted by Crippen LogP contribution is -2.31. The number of nitrogen functional groups attached to an aromatic ring is 1. The zero-order valence-corrected chi connectivity index (χ0v) is 9.21. The molecule has 4 heteroatoms. The van der Waals surface area contributed by atoms with E-state index in [1.165, 1.54) is 0 Å². The van der Waals surface area contributed by atoms with Gasteiger partial charge in [0.15, 0.2) is 0 Å². The summed E-state index contributed by atoms with van der Waals surface area (Å²) in [6, 6.07) is 4.85. The number of rotatable bonds is 3. The first kappa shape index (κ1) is 11.6. The quantitative estimate of drug-likeness (QED) is 0.611. The second kappa shape index (κ2) is 4.84. The van der Waals surface area contributed by atoms with E-state index >= 15 is 0 Å². The molecule has 80 valence electrons. The summed E-state index contributed by atoms with van der Waals surface area (Å²) in [4.78, 5) is 11.7. The molecular weight excluding hydrogens is 212 g/mol. The fraction of sp³-hybridized carbons (Fsp3) is 0.182. The highest BCUT2D eigenvalue weighted by Gasteiger charge is 2.14. The van der Waals surface area contributed by atoms with Crippen molar-refractivity contribution in [2.24, 2.45) is 0 Å². The van der Waals surface area contributed by atoms with E-state index in [9.17, 15) is 4.79 Å². The van der Waals surface area contributed by atoms with Crippen molar-refractivity contribution in [1.29, 1.82) is 0 Å². The Balaban J connectivity index is 2.96. The molecule has 1 aromatic rings. The number of carbonyl (C=O) groups excluding carboxylic acids is 1. The Kier molecular flexibility index (Phi) is 3.74. The van der Waals surface area contributed by atoms with Crippen molar-refractivity contribution < 1.29 is 4.79 Å². The van der Waals surface area contributed by atoms with Gasteiger partial charge in [-0.1, -0.05) is 23.7 Å². The summed E-state index contributed by atoms with van der Waals surface area (Å²) in [6.45, 7) is 5.39. The fourth-order valence-electron chi connectivity index (χ4n) is 1.12. The summed E-state index contributed by atoms with van der Waals surface area (Å²) >= 11 is 5.88. The molecule has 0 fully saturated rings. The Bertz CT molecular complexity index is 370. The van der Waals surface area contributed by atoms with E-state index < -0.39 is 0 Å². The lowest BCUT2D eigenvalue weighted by molar-refractivity contribution is 0.0948. The molecule has 15 heavy (non-hydrogen) atoms. The molecule has 1 aromatic carbocycles. The van der Waals surface area contributed by atoms with Crippen molar-refractivity contribution in [3.05, 3.63) is 41.4 Å². The first-order chi connectivity index (χ1) is 7.06. The van der Waals surface area contributed by atoms with Gasteiger partial charge in [0.1, 0.15) is 0 Å². The Morgan fingerprint density at radius 3 is 2.87 bits per heavy atom. The van der Waals surface area contributed by atoms with Gasteiger partial charge in [-0.2, -0.15) is 0 Å². The monoisotopic (exact) mass is 224 g/mol. The molecule has 0 aliphatic heterocycles. The van der Waals surface area contributed by atoms with Crippen LogP contribution in [0.5, 0.6) is 0 Å². The molecule has 0 bridgehead atoms. The van der Waals surface area contributed by atoms with E-state index in [1.807, 2.05) is 6.92 Å². The second-order valence-corrected chi connectivity index (χ2v) is 3.61. The SMILES string of the molecule is C=CC(C)NC(=O)c1c(N)cccc1Cl. The van der Waals surface area contributed by atoms with Crippen LogP contribution < -0.4 is 11.1 Å². The largest absolute Gasteiger partial charge is 0.398 e. The van der Waals surface area contributed by atoms with Crippen molar-refractivity contribution in [3.63, 3.8) is 0 Å². The minimum atomic E-state index is -0.287. The number of carbonyl (C=O) groups is 1. The molecule has 0 saturated carbocycles. The van der Waals surface area contributed by atoms with Gasteiger partial charge in [0.05, 0.1) is 10.6 Å². The molecule has 3 N–H and O–H groups in total. The molecule has 1 atom stereocenters. The Hall–Kier alpha value is -1.48. The van der Waals surface area contributed by atoms with Crippen LogP contribution in [0.15, 0.2) is 30.9 Å². The Labute approximate surface area is 93.9 Å². The number of halogens is 1. The molecule has 0 spiro atoms. The smallest absolute Gasteiger partial charge is 0.255 e. The number of amides is 1. The molecule has 3 nitrogen and oxygen atoms in total. The van der Waals surface area contributed by atoms with Crippen LogP contribution in [0, 0.1) is 0 Å². The van der Waals surface area contributed by atoms with E-state index in [-0.39, 0.29) is 11.9 Å². The highest BCUT2D eigenvalue weighted by Crippen LogP contribution is 2.21. The van der Waals surface area contributed by atoms with Gasteiger partial charge >= 0.3 is 0 Å². The normalized spacial score (nSPS) is 11.9. The van der Waals surface area contributed by atoms with Crippen molar-refractivity contribution in [3.8, 4) is 0 Å². The van der Waals surface area contributed by atoms with E-state index in [0.717, 1.165) is 0 Å². The molecule has 0 radical (unpaired) electrons. The van der Waals surface area contributed by atoms with E-state index in [0.29, 0.717) is 16.3 Å². The maximum Gasteiger partial charge on any atom is 0.255 e. The van der Waals surface area contributed by atoms with Crippen LogP contribution in [-0.4, -0.2) is 11.9 Å². The highest BCUT2D eigenvalue weighted by atomic mass is 35.5. The molecule has 1 rings (SSSR count). The maximum absolute atomic E-state index is 11.7. The van der Waals surface area contributed by atoms with E-state index in [4.69, 9.17) is 17.3 Å². The number of nitrogens with two attached hydrogens (primary N) is 1. The predicted octanol–water partition coefficient (Wildman–Crippen LogP) is 2.23. The first-order valence-electron chi connectivity index (χ1n) is 4.53. The summed E-state index contributed by atoms with van der Waals surface area (Å²) in [5.41, 5.74) is 6.35. The average Bonchev–Trinajstić information content (AvgIpc) is 2.17. The number of benzene rings is 1. The maximum atomic E-state index is 11.7. The van der Waals surface area contributed by atoms with Gasteiger partial charge < -0.3 is 11.1 Å². The highest BCUT2D eigenvalue weighted by molar-refractivity contribution is 6.34. The zero-order chi connectivity index (χ0) is 11.4. The lowest BCUT2D eigenvalue weighted by atomic mass is 10.1. The van der Waals surface area contributed by atoms with Gasteiger partial charge in [-0.05, 0) is 19.1 Å². The minimum Gasteiger partial charge on any atom is -0.398 e. The Morgan fingerprint density at radius 1 is 1.67 bits per heavy atom. The summed E-state index contributed by atoms with van der Waals surface area (Å²) in [7, 11) is 0. The fourth-order valence-corrected chi connectivity index (χ4v) is 1.39. The van der Waals surface area contributed by atoms with E-state index in [1.54, 1.807) is 24.3 Å². The van der Waals surface area contributed by atoms with Crippen LogP contribution in [0.2, 0.25) is 5.02 Å². The molecular formula is C11H13ClN2O. The van der Waals surface area contributed by atoms with Crippen molar-refractivity contribution in [2.75, 3.05) is 5.73 Å². The zero-order valence-electron chi connectivity index (χ0n) is 8.46. The number of hydrogen-bond donors (Lipinski definition) is 2. The molecule has 0 saturated heterocycles. The van der Waals surface area contributed by atoms with Gasteiger partial charge in [-0.3, -0.25) is 4.79 Å². The van der Waals surface area contributed by atoms with Crippen molar-refractivity contribution in [1.82, 2.24) is 5.32 Å². The van der Waals surface area contributed by atoms with Crippen molar-refractivity contribution >= 4 is 23.2 Å². The van der Waals surface area contributed by atoms with Gasteiger partial charge in [0.25, 0.3) is 5.91 Å². The second-order valence-electron chi connectivity index (χ2n) is 3.20. The molecule has 1 amide bonds. The van der Waals surface area contributed by atoms with Gasteiger partial charge in [0, 0.05) is 11.7 Å². The topological polar surface area (TPSA) is 55.1 Å². The van der Waals surface area contributed by atoms with Crippen LogP contribution in [0.1, 0.15) is 17.3 Å². The predicted molar refractivity (Wildman–Crippen MR) is 63.0 cm³/mol. The number of nitrogens with one attached hydrogen (secondary N) is 1. The standard InChI is InChI=1S/C11H13ClN2O/c1-3-7(2)14-11(15)10-8(12)5-4-6-9(10)13/h3-7H,1,13H2,2H3,(H,14,15). The van der Waals surface area contributed by atoms with Crippen LogP contribution >= 0.6 is 11.6 Å². The van der Waals surface area contributed by atoms with Crippen LogP contribution in [0.4, 0.5) is 5.69 Å². The van der Waals surface area contributed by atoms with E-state index in [2.05, 4.69) is 11.9 Å². The van der Waals surface area contributed by atoms with Crippen molar-refractivity contribution in [2.45, 2.75) is 13.0 Å². The first-order valence-corrected chi connectivity index (χ1v) is 4.91. The lowest BCUT2D eigenvalue weighted by Gasteiger charge is -2.11. The number of anilines is 1. The third-order valence-corrected chi connectivity index (χ3v) is 2.30. The van der Waals surface area contributed by atoms with Gasteiger partial charge in [0.2, 0.25) is 0 Å². The number of hydrogen-bond acceptors (Lipinski definition) is 2. The minimum absolute atomic E-state index is 0.117. The van der Waals surface area contributed by atoms with Gasteiger partial charge in [-0.15, -0.1) is 6.58 Å². The third kappa shape index (κ3) is 2.73.